The van der Waals surface area contributed by atoms with Gasteiger partial charge in [0.25, 0.3) is 0 Å². The first-order valence-electron chi connectivity index (χ1n) is 8.51. The molecule has 3 rings (SSSR count). The summed E-state index contributed by atoms with van der Waals surface area (Å²) < 4.78 is 6.39. The van der Waals surface area contributed by atoms with Crippen molar-refractivity contribution < 1.29 is 4.74 Å². The largest absolute Gasteiger partial charge is 0.489 e. The zero-order valence-electron chi connectivity index (χ0n) is 13.9. The van der Waals surface area contributed by atoms with Crippen LogP contribution >= 0.6 is 0 Å². The normalized spacial score (nSPS) is 30.6. The number of hydrogen-bond acceptors (Lipinski definition) is 4. The number of likely N-dealkylation sites (N-methyl/N-ethyl adjacent to an activating group) is 1. The summed E-state index contributed by atoms with van der Waals surface area (Å²) in [7, 11) is 4.38. The average Bonchev–Trinajstić information content (AvgIpc) is 2.89. The van der Waals surface area contributed by atoms with Gasteiger partial charge in [0, 0.05) is 24.7 Å². The Kier molecular flexibility index (Phi) is 5.01. The quantitative estimate of drug-likeness (QED) is 0.925. The molecule has 0 spiro atoms. The van der Waals surface area contributed by atoms with Crippen molar-refractivity contribution >= 4 is 0 Å². The summed E-state index contributed by atoms with van der Waals surface area (Å²) in [5, 5.41) is 0. The standard InChI is InChI=1S/C18H29N3O/c1-20-9-5-6-15(13-20)22-18-8-4-3-7-16(18)17-10-14(11-19)12-21(17)2/h3-4,7-8,14-15,17H,5-6,9-13,19H2,1-2H3. The van der Waals surface area contributed by atoms with E-state index in [4.69, 9.17) is 10.5 Å². The second-order valence-corrected chi connectivity index (χ2v) is 6.97. The van der Waals surface area contributed by atoms with Crippen LogP contribution in [0.15, 0.2) is 24.3 Å². The molecule has 0 bridgehead atoms. The number of ether oxygens (including phenoxy) is 1. The number of likely N-dealkylation sites (tertiary alicyclic amines) is 2. The van der Waals surface area contributed by atoms with Crippen LogP contribution in [0.3, 0.4) is 0 Å². The predicted octanol–water partition coefficient (Wildman–Crippen LogP) is 2.11. The van der Waals surface area contributed by atoms with E-state index in [0.717, 1.165) is 38.2 Å². The van der Waals surface area contributed by atoms with Gasteiger partial charge in [0.2, 0.25) is 0 Å². The van der Waals surface area contributed by atoms with Crippen LogP contribution in [0.25, 0.3) is 0 Å². The molecule has 2 aliphatic heterocycles. The summed E-state index contributed by atoms with van der Waals surface area (Å²) in [5.74, 6) is 1.67. The van der Waals surface area contributed by atoms with Crippen molar-refractivity contribution in [2.45, 2.75) is 31.4 Å². The third-order valence-corrected chi connectivity index (χ3v) is 5.12. The van der Waals surface area contributed by atoms with Crippen LogP contribution in [0, 0.1) is 5.92 Å². The van der Waals surface area contributed by atoms with Gasteiger partial charge in [0.05, 0.1) is 0 Å². The monoisotopic (exact) mass is 303 g/mol. The fourth-order valence-electron chi connectivity index (χ4n) is 3.90. The van der Waals surface area contributed by atoms with E-state index in [2.05, 4.69) is 48.2 Å². The van der Waals surface area contributed by atoms with Crippen LogP contribution in [-0.2, 0) is 0 Å². The first kappa shape index (κ1) is 15.8. The number of nitrogens with two attached hydrogens (primary N) is 1. The highest BCUT2D eigenvalue weighted by Crippen LogP contribution is 2.38. The fourth-order valence-corrected chi connectivity index (χ4v) is 3.90. The van der Waals surface area contributed by atoms with Crippen molar-refractivity contribution in [3.05, 3.63) is 29.8 Å². The Labute approximate surface area is 134 Å². The van der Waals surface area contributed by atoms with Crippen LogP contribution in [0.4, 0.5) is 0 Å². The van der Waals surface area contributed by atoms with E-state index in [-0.39, 0.29) is 0 Å². The Morgan fingerprint density at radius 2 is 2.05 bits per heavy atom. The fraction of sp³-hybridized carbons (Fsp3) is 0.667. The lowest BCUT2D eigenvalue weighted by molar-refractivity contribution is 0.102. The van der Waals surface area contributed by atoms with Crippen molar-refractivity contribution in [1.82, 2.24) is 9.80 Å². The Balaban J connectivity index is 1.75. The molecular formula is C18H29N3O. The van der Waals surface area contributed by atoms with E-state index in [9.17, 15) is 0 Å². The number of nitrogens with zero attached hydrogens (tertiary/aromatic N) is 2. The molecule has 4 heteroatoms. The van der Waals surface area contributed by atoms with Crippen LogP contribution in [0.2, 0.25) is 0 Å². The van der Waals surface area contributed by atoms with Gasteiger partial charge in [-0.05, 0) is 58.4 Å². The lowest BCUT2D eigenvalue weighted by Gasteiger charge is -2.31. The summed E-state index contributed by atoms with van der Waals surface area (Å²) in [4.78, 5) is 4.79. The molecule has 0 aliphatic carbocycles. The van der Waals surface area contributed by atoms with Gasteiger partial charge in [0.1, 0.15) is 11.9 Å². The Hall–Kier alpha value is -1.10. The molecule has 0 amide bonds. The number of para-hydroxylation sites is 1. The summed E-state index contributed by atoms with van der Waals surface area (Å²) in [6.45, 7) is 4.07. The first-order valence-corrected chi connectivity index (χ1v) is 8.51. The van der Waals surface area contributed by atoms with Crippen LogP contribution in [0.5, 0.6) is 5.75 Å². The minimum atomic E-state index is 0.317. The van der Waals surface area contributed by atoms with E-state index >= 15 is 0 Å². The van der Waals surface area contributed by atoms with Gasteiger partial charge in [-0.25, -0.2) is 0 Å². The maximum Gasteiger partial charge on any atom is 0.124 e. The van der Waals surface area contributed by atoms with Crippen LogP contribution < -0.4 is 10.5 Å². The molecule has 1 aromatic rings. The van der Waals surface area contributed by atoms with Crippen molar-refractivity contribution in [2.24, 2.45) is 11.7 Å². The van der Waals surface area contributed by atoms with Gasteiger partial charge in [-0.15, -0.1) is 0 Å². The number of hydrogen-bond donors (Lipinski definition) is 1. The highest BCUT2D eigenvalue weighted by molar-refractivity contribution is 5.37. The lowest BCUT2D eigenvalue weighted by Crippen LogP contribution is -2.38. The molecule has 0 aromatic heterocycles. The van der Waals surface area contributed by atoms with E-state index in [1.54, 1.807) is 0 Å². The molecule has 0 saturated carbocycles. The highest BCUT2D eigenvalue weighted by Gasteiger charge is 2.32. The number of piperidine rings is 1. The second kappa shape index (κ2) is 6.99. The van der Waals surface area contributed by atoms with E-state index < -0.39 is 0 Å². The van der Waals surface area contributed by atoms with Gasteiger partial charge in [-0.3, -0.25) is 4.90 Å². The topological polar surface area (TPSA) is 41.7 Å². The van der Waals surface area contributed by atoms with Crippen molar-refractivity contribution in [1.29, 1.82) is 0 Å². The summed E-state index contributed by atoms with van der Waals surface area (Å²) >= 11 is 0. The molecule has 4 nitrogen and oxygen atoms in total. The average molecular weight is 303 g/mol. The Morgan fingerprint density at radius 1 is 1.23 bits per heavy atom. The van der Waals surface area contributed by atoms with Gasteiger partial charge in [-0.2, -0.15) is 0 Å². The van der Waals surface area contributed by atoms with E-state index in [0.29, 0.717) is 18.1 Å². The maximum atomic E-state index is 6.39. The number of benzene rings is 1. The van der Waals surface area contributed by atoms with Gasteiger partial charge >= 0.3 is 0 Å². The minimum Gasteiger partial charge on any atom is -0.489 e. The zero-order chi connectivity index (χ0) is 15.5. The molecule has 1 aromatic carbocycles. The summed E-state index contributed by atoms with van der Waals surface area (Å²) in [6, 6.07) is 9.00. The van der Waals surface area contributed by atoms with E-state index in [1.165, 1.54) is 18.5 Å². The molecule has 0 radical (unpaired) electrons. The van der Waals surface area contributed by atoms with Crippen LogP contribution in [-0.4, -0.2) is 56.2 Å². The molecule has 22 heavy (non-hydrogen) atoms. The minimum absolute atomic E-state index is 0.317. The lowest BCUT2D eigenvalue weighted by atomic mass is 9.99. The Bertz CT molecular complexity index is 493. The summed E-state index contributed by atoms with van der Waals surface area (Å²) in [5.41, 5.74) is 7.20. The third-order valence-electron chi connectivity index (χ3n) is 5.12. The van der Waals surface area contributed by atoms with Crippen LogP contribution in [0.1, 0.15) is 30.9 Å². The molecule has 2 aliphatic rings. The van der Waals surface area contributed by atoms with Gasteiger partial charge in [0.15, 0.2) is 0 Å². The molecule has 2 saturated heterocycles. The third kappa shape index (κ3) is 3.45. The van der Waals surface area contributed by atoms with Gasteiger partial charge in [-0.1, -0.05) is 18.2 Å². The SMILES string of the molecule is CN1CCCC(Oc2ccccc2C2CC(CN)CN2C)C1. The highest BCUT2D eigenvalue weighted by atomic mass is 16.5. The Morgan fingerprint density at radius 3 is 2.77 bits per heavy atom. The molecular weight excluding hydrogens is 274 g/mol. The molecule has 2 N–H and O–H groups in total. The van der Waals surface area contributed by atoms with Crippen molar-refractivity contribution in [2.75, 3.05) is 40.3 Å². The van der Waals surface area contributed by atoms with Crippen molar-refractivity contribution in [3.63, 3.8) is 0 Å². The molecule has 2 heterocycles. The molecule has 3 atom stereocenters. The molecule has 3 unspecified atom stereocenters. The zero-order valence-corrected chi connectivity index (χ0v) is 13.9. The maximum absolute atomic E-state index is 6.39. The summed E-state index contributed by atoms with van der Waals surface area (Å²) in [6.07, 6.45) is 3.83. The molecule has 122 valence electrons. The predicted molar refractivity (Wildman–Crippen MR) is 90.1 cm³/mol. The first-order chi connectivity index (χ1) is 10.7. The number of rotatable bonds is 4. The van der Waals surface area contributed by atoms with E-state index in [1.807, 2.05) is 0 Å². The molecule has 2 fully saturated rings. The van der Waals surface area contributed by atoms with Gasteiger partial charge < -0.3 is 15.4 Å². The smallest absolute Gasteiger partial charge is 0.124 e. The van der Waals surface area contributed by atoms with Crippen molar-refractivity contribution in [3.8, 4) is 5.75 Å². The second-order valence-electron chi connectivity index (χ2n) is 6.97.